The van der Waals surface area contributed by atoms with Crippen molar-refractivity contribution in [3.8, 4) is 0 Å². The Morgan fingerprint density at radius 2 is 0.946 bits per heavy atom. The number of hydrogen-bond donors (Lipinski definition) is 4. The van der Waals surface area contributed by atoms with Gasteiger partial charge in [-0.1, -0.05) is 174 Å². The van der Waals surface area contributed by atoms with Crippen LogP contribution in [0.5, 0.6) is 0 Å². The summed E-state index contributed by atoms with van der Waals surface area (Å²) in [6.07, 6.45) is 32.1. The third-order valence-electron chi connectivity index (χ3n) is 10.9. The van der Waals surface area contributed by atoms with Crippen LogP contribution in [-0.2, 0) is 28.5 Å². The Balaban J connectivity index is 2.31. The Hall–Kier alpha value is -1.56. The minimum atomic E-state index is -1.59. The second kappa shape index (κ2) is 37.7. The van der Waals surface area contributed by atoms with Gasteiger partial charge in [0.25, 0.3) is 0 Å². The predicted octanol–water partition coefficient (Wildman–Crippen LogP) is 9.95. The molecule has 0 amide bonds. The van der Waals surface area contributed by atoms with E-state index in [2.05, 4.69) is 26.0 Å². The van der Waals surface area contributed by atoms with Crippen LogP contribution >= 0.6 is 0 Å². The normalized spacial score (nSPS) is 20.4. The molecule has 6 atom stereocenters. The largest absolute Gasteiger partial charge is 0.462 e. The zero-order valence-corrected chi connectivity index (χ0v) is 35.9. The summed E-state index contributed by atoms with van der Waals surface area (Å²) < 4.78 is 22.2. The highest BCUT2D eigenvalue weighted by Crippen LogP contribution is 2.23. The molecule has 4 N–H and O–H groups in total. The van der Waals surface area contributed by atoms with Crippen molar-refractivity contribution in [3.05, 3.63) is 12.2 Å². The second-order valence-electron chi connectivity index (χ2n) is 16.2. The third kappa shape index (κ3) is 28.8. The van der Waals surface area contributed by atoms with Crippen molar-refractivity contribution in [3.63, 3.8) is 0 Å². The van der Waals surface area contributed by atoms with Crippen LogP contribution in [0.2, 0.25) is 0 Å². The van der Waals surface area contributed by atoms with E-state index in [1.54, 1.807) is 0 Å². The molecule has 1 heterocycles. The maximum Gasteiger partial charge on any atom is 0.306 e. The van der Waals surface area contributed by atoms with E-state index in [4.69, 9.17) is 18.9 Å². The highest BCUT2D eigenvalue weighted by molar-refractivity contribution is 5.70. The molecular formula is C46H86O10. The summed E-state index contributed by atoms with van der Waals surface area (Å²) in [5, 5.41) is 40.1. The summed E-state index contributed by atoms with van der Waals surface area (Å²) >= 11 is 0. The zero-order valence-electron chi connectivity index (χ0n) is 35.9. The van der Waals surface area contributed by atoms with Gasteiger partial charge in [-0.15, -0.1) is 0 Å². The molecule has 0 aromatic heterocycles. The number of esters is 2. The molecule has 0 saturated carbocycles. The van der Waals surface area contributed by atoms with E-state index in [1.807, 2.05) is 0 Å². The van der Waals surface area contributed by atoms with Crippen LogP contribution in [-0.4, -0.2) is 89.0 Å². The zero-order chi connectivity index (χ0) is 40.9. The summed E-state index contributed by atoms with van der Waals surface area (Å²) in [4.78, 5) is 25.3. The molecule has 6 unspecified atom stereocenters. The summed E-state index contributed by atoms with van der Waals surface area (Å²) in [5.41, 5.74) is 0. The number of aliphatic hydroxyl groups excluding tert-OH is 4. The average molecular weight is 799 g/mol. The fourth-order valence-electron chi connectivity index (χ4n) is 7.18. The van der Waals surface area contributed by atoms with E-state index >= 15 is 0 Å². The first-order chi connectivity index (χ1) is 27.3. The number of carbonyl (C=O) groups excluding carboxylic acids is 2. The Morgan fingerprint density at radius 3 is 1.39 bits per heavy atom. The van der Waals surface area contributed by atoms with Crippen molar-refractivity contribution in [2.24, 2.45) is 0 Å². The molecule has 0 aromatic carbocycles. The lowest BCUT2D eigenvalue weighted by Crippen LogP contribution is -2.59. The molecule has 0 radical (unpaired) electrons. The molecule has 0 aliphatic carbocycles. The molecule has 0 spiro atoms. The molecule has 1 aliphatic heterocycles. The first-order valence-corrected chi connectivity index (χ1v) is 23.3. The topological polar surface area (TPSA) is 152 Å². The maximum atomic E-state index is 12.8. The number of aliphatic hydroxyl groups is 4. The number of carbonyl (C=O) groups is 2. The van der Waals surface area contributed by atoms with Gasteiger partial charge in [-0.3, -0.25) is 9.59 Å². The Morgan fingerprint density at radius 1 is 0.536 bits per heavy atom. The summed E-state index contributed by atoms with van der Waals surface area (Å²) in [7, 11) is 0. The van der Waals surface area contributed by atoms with Gasteiger partial charge in [0, 0.05) is 12.8 Å². The standard InChI is InChI=1S/C46H86O10/c1-3-5-7-9-11-13-15-17-19-21-22-24-26-28-30-32-34-41(48)53-37-39(38-54-46-45(52)44(51)43(50)40(36-47)56-46)55-42(49)35-33-31-29-27-25-23-20-18-16-14-12-10-8-6-4-2/h18,20,39-40,43-47,50-52H,3-17,19,21-38H2,1-2H3/b20-18-. The maximum absolute atomic E-state index is 12.8. The molecule has 1 saturated heterocycles. The van der Waals surface area contributed by atoms with Gasteiger partial charge in [-0.2, -0.15) is 0 Å². The molecular weight excluding hydrogens is 712 g/mol. The predicted molar refractivity (Wildman–Crippen MR) is 224 cm³/mol. The number of allylic oxidation sites excluding steroid dienone is 2. The van der Waals surface area contributed by atoms with Crippen LogP contribution in [0.4, 0.5) is 0 Å². The van der Waals surface area contributed by atoms with Crippen molar-refractivity contribution in [1.29, 1.82) is 0 Å². The Bertz CT molecular complexity index is 928. The van der Waals surface area contributed by atoms with Crippen molar-refractivity contribution in [2.45, 2.75) is 250 Å². The van der Waals surface area contributed by atoms with Crippen LogP contribution in [0.1, 0.15) is 213 Å². The lowest BCUT2D eigenvalue weighted by atomic mass is 9.99. The smallest absolute Gasteiger partial charge is 0.306 e. The van der Waals surface area contributed by atoms with Gasteiger partial charge < -0.3 is 39.4 Å². The molecule has 1 aliphatic rings. The van der Waals surface area contributed by atoms with Gasteiger partial charge in [-0.25, -0.2) is 0 Å². The fourth-order valence-corrected chi connectivity index (χ4v) is 7.18. The molecule has 1 fully saturated rings. The molecule has 330 valence electrons. The van der Waals surface area contributed by atoms with Crippen LogP contribution in [0.3, 0.4) is 0 Å². The first-order valence-electron chi connectivity index (χ1n) is 23.3. The summed E-state index contributed by atoms with van der Waals surface area (Å²) in [6.45, 7) is 3.43. The number of unbranched alkanes of at least 4 members (excludes halogenated alkanes) is 26. The molecule has 56 heavy (non-hydrogen) atoms. The Labute approximate surface area is 341 Å². The van der Waals surface area contributed by atoms with Crippen molar-refractivity contribution in [1.82, 2.24) is 0 Å². The lowest BCUT2D eigenvalue weighted by Gasteiger charge is -2.39. The van der Waals surface area contributed by atoms with Crippen LogP contribution < -0.4 is 0 Å². The van der Waals surface area contributed by atoms with E-state index in [0.717, 1.165) is 51.4 Å². The Kier molecular flexibility index (Phi) is 35.3. The SMILES string of the molecule is CCCCCCCC/C=C\CCCCCCCC(=O)OC(COC(=O)CCCCCCCCCCCCCCCCCC)COC1OC(CO)C(O)C(O)C1O. The van der Waals surface area contributed by atoms with Gasteiger partial charge in [0.15, 0.2) is 12.4 Å². The van der Waals surface area contributed by atoms with E-state index in [-0.39, 0.29) is 32.0 Å². The fraction of sp³-hybridized carbons (Fsp3) is 0.913. The van der Waals surface area contributed by atoms with Gasteiger partial charge in [0.2, 0.25) is 0 Å². The number of ether oxygens (including phenoxy) is 4. The monoisotopic (exact) mass is 799 g/mol. The highest BCUT2D eigenvalue weighted by atomic mass is 16.7. The number of rotatable bonds is 39. The van der Waals surface area contributed by atoms with Gasteiger partial charge in [0.1, 0.15) is 31.0 Å². The van der Waals surface area contributed by atoms with Crippen molar-refractivity contribution in [2.75, 3.05) is 19.8 Å². The van der Waals surface area contributed by atoms with Crippen LogP contribution in [0, 0.1) is 0 Å². The minimum absolute atomic E-state index is 0.215. The van der Waals surface area contributed by atoms with Crippen molar-refractivity contribution < 1.29 is 49.0 Å². The highest BCUT2D eigenvalue weighted by Gasteiger charge is 2.44. The van der Waals surface area contributed by atoms with E-state index in [1.165, 1.54) is 128 Å². The second-order valence-corrected chi connectivity index (χ2v) is 16.2. The molecule has 10 nitrogen and oxygen atoms in total. The quantitative estimate of drug-likeness (QED) is 0.0269. The first kappa shape index (κ1) is 52.5. The van der Waals surface area contributed by atoms with E-state index in [0.29, 0.717) is 6.42 Å². The average Bonchev–Trinajstić information content (AvgIpc) is 3.19. The van der Waals surface area contributed by atoms with Gasteiger partial charge in [0.05, 0.1) is 13.2 Å². The van der Waals surface area contributed by atoms with Crippen LogP contribution in [0.15, 0.2) is 12.2 Å². The summed E-state index contributed by atoms with van der Waals surface area (Å²) in [6, 6.07) is 0. The van der Waals surface area contributed by atoms with E-state index < -0.39 is 49.4 Å². The molecule has 10 heteroatoms. The van der Waals surface area contributed by atoms with E-state index in [9.17, 15) is 30.0 Å². The molecule has 0 aromatic rings. The molecule has 1 rings (SSSR count). The lowest BCUT2D eigenvalue weighted by molar-refractivity contribution is -0.305. The number of hydrogen-bond acceptors (Lipinski definition) is 10. The minimum Gasteiger partial charge on any atom is -0.462 e. The van der Waals surface area contributed by atoms with Gasteiger partial charge >= 0.3 is 11.9 Å². The van der Waals surface area contributed by atoms with Crippen molar-refractivity contribution >= 4 is 11.9 Å². The third-order valence-corrected chi connectivity index (χ3v) is 10.9. The molecule has 0 bridgehead atoms. The van der Waals surface area contributed by atoms with Crippen LogP contribution in [0.25, 0.3) is 0 Å². The van der Waals surface area contributed by atoms with Gasteiger partial charge in [-0.05, 0) is 38.5 Å². The summed E-state index contributed by atoms with van der Waals surface area (Å²) in [5.74, 6) is -0.805.